The highest BCUT2D eigenvalue weighted by Gasteiger charge is 2.63. The van der Waals surface area contributed by atoms with Gasteiger partial charge in [-0.3, -0.25) is 4.90 Å². The van der Waals surface area contributed by atoms with Gasteiger partial charge >= 0.3 is 6.09 Å². The zero-order chi connectivity index (χ0) is 19.6. The summed E-state index contributed by atoms with van der Waals surface area (Å²) < 4.78 is 27.3. The lowest BCUT2D eigenvalue weighted by Crippen LogP contribution is -2.79. The van der Waals surface area contributed by atoms with E-state index in [0.717, 1.165) is 19.0 Å². The molecule has 0 radical (unpaired) electrons. The molecule has 1 aromatic heterocycles. The van der Waals surface area contributed by atoms with E-state index in [1.54, 1.807) is 0 Å². The standard InChI is InChI=1S/C19H22F2N4O2/c1-18(2,3)19-10-24(7-6-11(19)9-25(19)17(26)27)14-8-22-16-13(23-14)5-4-12(20)15(16)21/h4-5,8,11H,6-7,9-10H2,1-3H3,(H,26,27)/t11-,19?/m1/s1. The Hall–Kier alpha value is -2.51. The van der Waals surface area contributed by atoms with Crippen LogP contribution in [0.25, 0.3) is 11.0 Å². The number of amides is 1. The highest BCUT2D eigenvalue weighted by Crippen LogP contribution is 2.53. The van der Waals surface area contributed by atoms with E-state index in [1.165, 1.54) is 17.2 Å². The Morgan fingerprint density at radius 2 is 2.07 bits per heavy atom. The largest absolute Gasteiger partial charge is 0.465 e. The summed E-state index contributed by atoms with van der Waals surface area (Å²) in [5, 5.41) is 9.66. The third-order valence-corrected chi connectivity index (χ3v) is 6.18. The zero-order valence-corrected chi connectivity index (χ0v) is 15.5. The van der Waals surface area contributed by atoms with Crippen molar-refractivity contribution < 1.29 is 18.7 Å². The van der Waals surface area contributed by atoms with Gasteiger partial charge in [0.1, 0.15) is 11.3 Å². The number of halogens is 2. The minimum absolute atomic E-state index is 0.102. The van der Waals surface area contributed by atoms with Gasteiger partial charge in [0.15, 0.2) is 11.6 Å². The Balaban J connectivity index is 1.72. The van der Waals surface area contributed by atoms with E-state index >= 15 is 0 Å². The van der Waals surface area contributed by atoms with Crippen LogP contribution in [-0.2, 0) is 0 Å². The van der Waals surface area contributed by atoms with Crippen LogP contribution < -0.4 is 4.90 Å². The molecule has 4 rings (SSSR count). The fraction of sp³-hybridized carbons (Fsp3) is 0.526. The van der Waals surface area contributed by atoms with Crippen molar-refractivity contribution in [2.75, 3.05) is 24.5 Å². The molecule has 3 heterocycles. The smallest absolute Gasteiger partial charge is 0.407 e. The molecule has 2 aliphatic rings. The molecule has 0 aliphatic carbocycles. The van der Waals surface area contributed by atoms with Crippen LogP contribution in [0, 0.1) is 23.0 Å². The van der Waals surface area contributed by atoms with Crippen molar-refractivity contribution in [3.8, 4) is 0 Å². The number of hydrogen-bond donors (Lipinski definition) is 1. The first kappa shape index (κ1) is 17.9. The molecule has 1 unspecified atom stereocenters. The molecule has 2 atom stereocenters. The number of carbonyl (C=O) groups is 1. The average Bonchev–Trinajstić information content (AvgIpc) is 2.57. The van der Waals surface area contributed by atoms with Crippen molar-refractivity contribution in [1.82, 2.24) is 14.9 Å². The molecular formula is C19H22F2N4O2. The van der Waals surface area contributed by atoms with Crippen LogP contribution in [0.5, 0.6) is 0 Å². The number of rotatable bonds is 1. The molecule has 1 aromatic carbocycles. The van der Waals surface area contributed by atoms with Gasteiger partial charge in [0.05, 0.1) is 17.3 Å². The highest BCUT2D eigenvalue weighted by molar-refractivity contribution is 5.76. The average molecular weight is 376 g/mol. The van der Waals surface area contributed by atoms with E-state index in [0.29, 0.717) is 24.8 Å². The first-order valence-corrected chi connectivity index (χ1v) is 9.01. The Bertz CT molecular complexity index is 930. The summed E-state index contributed by atoms with van der Waals surface area (Å²) in [6, 6.07) is 2.44. The molecule has 1 amide bonds. The lowest BCUT2D eigenvalue weighted by atomic mass is 9.57. The molecule has 2 aromatic rings. The molecule has 2 fully saturated rings. The van der Waals surface area contributed by atoms with E-state index in [4.69, 9.17) is 0 Å². The van der Waals surface area contributed by atoms with Crippen LogP contribution in [0.3, 0.4) is 0 Å². The van der Waals surface area contributed by atoms with E-state index in [1.807, 2.05) is 4.90 Å². The van der Waals surface area contributed by atoms with E-state index in [-0.39, 0.29) is 16.4 Å². The predicted octanol–water partition coefficient (Wildman–Crippen LogP) is 3.51. The summed E-state index contributed by atoms with van der Waals surface area (Å²) in [5.74, 6) is -1.12. The van der Waals surface area contributed by atoms with Crippen LogP contribution in [0.15, 0.2) is 18.3 Å². The van der Waals surface area contributed by atoms with E-state index < -0.39 is 23.3 Å². The second-order valence-corrected chi connectivity index (χ2v) is 8.43. The molecular weight excluding hydrogens is 354 g/mol. The quantitative estimate of drug-likeness (QED) is 0.825. The third kappa shape index (κ3) is 2.45. The summed E-state index contributed by atoms with van der Waals surface area (Å²) in [6.45, 7) is 7.94. The van der Waals surface area contributed by atoms with Gasteiger partial charge in [-0.15, -0.1) is 0 Å². The Morgan fingerprint density at radius 3 is 2.74 bits per heavy atom. The van der Waals surface area contributed by atoms with Crippen LogP contribution in [0.1, 0.15) is 27.2 Å². The maximum Gasteiger partial charge on any atom is 0.407 e. The van der Waals surface area contributed by atoms with Gasteiger partial charge < -0.3 is 10.0 Å². The van der Waals surface area contributed by atoms with Gasteiger partial charge in [0.2, 0.25) is 0 Å². The Kier molecular flexibility index (Phi) is 3.80. The summed E-state index contributed by atoms with van der Waals surface area (Å²) in [4.78, 5) is 23.8. The number of carboxylic acid groups (broad SMARTS) is 1. The van der Waals surface area contributed by atoms with Crippen LogP contribution in [0.4, 0.5) is 19.4 Å². The van der Waals surface area contributed by atoms with Crippen molar-refractivity contribution in [3.63, 3.8) is 0 Å². The number of likely N-dealkylation sites (tertiary alicyclic amines) is 1. The van der Waals surface area contributed by atoms with E-state index in [2.05, 4.69) is 30.7 Å². The number of hydrogen-bond acceptors (Lipinski definition) is 4. The SMILES string of the molecule is CC(C)(C)C12CN(c3cnc4c(F)c(F)ccc4n3)CC[C@@H]1CN2C(=O)O. The minimum Gasteiger partial charge on any atom is -0.465 e. The molecule has 2 aliphatic heterocycles. The van der Waals surface area contributed by atoms with Crippen LogP contribution in [0.2, 0.25) is 0 Å². The maximum absolute atomic E-state index is 13.9. The monoisotopic (exact) mass is 376 g/mol. The second kappa shape index (κ2) is 5.74. The zero-order valence-electron chi connectivity index (χ0n) is 15.5. The summed E-state index contributed by atoms with van der Waals surface area (Å²) in [5.41, 5.74) is -0.592. The topological polar surface area (TPSA) is 69.6 Å². The summed E-state index contributed by atoms with van der Waals surface area (Å²) in [7, 11) is 0. The molecule has 6 nitrogen and oxygen atoms in total. The van der Waals surface area contributed by atoms with Gasteiger partial charge in [-0.1, -0.05) is 20.8 Å². The van der Waals surface area contributed by atoms with Crippen molar-refractivity contribution in [1.29, 1.82) is 0 Å². The van der Waals surface area contributed by atoms with Crippen molar-refractivity contribution in [2.45, 2.75) is 32.7 Å². The lowest BCUT2D eigenvalue weighted by Gasteiger charge is -2.67. The predicted molar refractivity (Wildman–Crippen MR) is 96.7 cm³/mol. The fourth-order valence-corrected chi connectivity index (χ4v) is 4.74. The number of nitrogens with zero attached hydrogens (tertiary/aromatic N) is 4. The molecule has 144 valence electrons. The molecule has 0 spiro atoms. The molecule has 8 heteroatoms. The lowest BCUT2D eigenvalue weighted by molar-refractivity contribution is -0.133. The van der Waals surface area contributed by atoms with Crippen molar-refractivity contribution >= 4 is 22.9 Å². The van der Waals surface area contributed by atoms with Crippen molar-refractivity contribution in [3.05, 3.63) is 30.0 Å². The van der Waals surface area contributed by atoms with Gasteiger partial charge in [0, 0.05) is 25.6 Å². The molecule has 0 bridgehead atoms. The van der Waals surface area contributed by atoms with Gasteiger partial charge in [-0.05, 0) is 24.0 Å². The Labute approximate surface area is 155 Å². The first-order chi connectivity index (χ1) is 12.6. The number of fused-ring (bicyclic) bond motifs is 2. The maximum atomic E-state index is 13.9. The molecule has 2 saturated heterocycles. The van der Waals surface area contributed by atoms with Crippen LogP contribution >= 0.6 is 0 Å². The highest BCUT2D eigenvalue weighted by atomic mass is 19.2. The first-order valence-electron chi connectivity index (χ1n) is 9.01. The summed E-state index contributed by atoms with van der Waals surface area (Å²) in [6.07, 6.45) is 1.37. The number of anilines is 1. The van der Waals surface area contributed by atoms with Gasteiger partial charge in [-0.2, -0.15) is 0 Å². The summed E-state index contributed by atoms with van der Waals surface area (Å²) >= 11 is 0. The van der Waals surface area contributed by atoms with Crippen LogP contribution in [-0.4, -0.2) is 51.2 Å². The normalized spacial score (nSPS) is 25.3. The van der Waals surface area contributed by atoms with Gasteiger partial charge in [-0.25, -0.2) is 23.5 Å². The second-order valence-electron chi connectivity index (χ2n) is 8.43. The van der Waals surface area contributed by atoms with Crippen molar-refractivity contribution in [2.24, 2.45) is 11.3 Å². The van der Waals surface area contributed by atoms with Gasteiger partial charge in [0.25, 0.3) is 0 Å². The number of piperidine rings is 1. The molecule has 27 heavy (non-hydrogen) atoms. The number of aromatic nitrogens is 2. The number of benzene rings is 1. The third-order valence-electron chi connectivity index (χ3n) is 6.18. The molecule has 0 saturated carbocycles. The Morgan fingerprint density at radius 1 is 1.33 bits per heavy atom. The fourth-order valence-electron chi connectivity index (χ4n) is 4.74. The minimum atomic E-state index is -1.01. The van der Waals surface area contributed by atoms with E-state index in [9.17, 15) is 18.7 Å². The molecule has 1 N–H and O–H groups in total.